The first-order valence-corrected chi connectivity index (χ1v) is 8.09. The van der Waals surface area contributed by atoms with Crippen molar-refractivity contribution in [2.45, 2.75) is 64.4 Å². The van der Waals surface area contributed by atoms with E-state index in [0.717, 1.165) is 0 Å². The summed E-state index contributed by atoms with van der Waals surface area (Å²) in [5, 5.41) is 31.2. The summed E-state index contributed by atoms with van der Waals surface area (Å²) < 4.78 is 28.2. The highest BCUT2D eigenvalue weighted by Crippen LogP contribution is 2.47. The molecule has 0 saturated carbocycles. The molecule has 4 atom stereocenters. The molecule has 0 spiro atoms. The second-order valence-corrected chi connectivity index (χ2v) is 6.91. The quantitative estimate of drug-likeness (QED) is 0.505. The fourth-order valence-electron chi connectivity index (χ4n) is 1.72. The van der Waals surface area contributed by atoms with Gasteiger partial charge in [-0.2, -0.15) is 5.09 Å². The fraction of sp³-hybridized carbons (Fsp3) is 1.00. The zero-order valence-corrected chi connectivity index (χ0v) is 13.0. The summed E-state index contributed by atoms with van der Waals surface area (Å²) in [7, 11) is -3.71. The maximum absolute atomic E-state index is 12.5. The van der Waals surface area contributed by atoms with Crippen LogP contribution >= 0.6 is 7.75 Å². The molecule has 0 amide bonds. The topological polar surface area (TPSA) is 117 Å². The molecule has 0 bridgehead atoms. The highest BCUT2D eigenvalue weighted by molar-refractivity contribution is 7.51. The van der Waals surface area contributed by atoms with Crippen LogP contribution in [0.15, 0.2) is 0 Å². The Hall–Kier alpha value is -0.0500. The van der Waals surface area contributed by atoms with Gasteiger partial charge in [-0.25, -0.2) is 4.57 Å². The predicted octanol–water partition coefficient (Wildman–Crippen LogP) is -0.0269. The van der Waals surface area contributed by atoms with Gasteiger partial charge in [-0.15, -0.1) is 0 Å². The number of ether oxygens (including phenoxy) is 1. The van der Waals surface area contributed by atoms with Crippen molar-refractivity contribution in [3.8, 4) is 0 Å². The van der Waals surface area contributed by atoms with Crippen LogP contribution in [-0.4, -0.2) is 58.7 Å². The molecule has 0 radical (unpaired) electrons. The zero-order chi connectivity index (χ0) is 15.5. The van der Waals surface area contributed by atoms with Crippen LogP contribution in [0.5, 0.6) is 0 Å². The molecular weight excluding hydrogens is 289 g/mol. The van der Waals surface area contributed by atoms with E-state index < -0.39 is 32.3 Å². The Morgan fingerprint density at radius 1 is 1.10 bits per heavy atom. The molecule has 0 aromatic rings. The highest BCUT2D eigenvalue weighted by atomic mass is 31.2. The van der Waals surface area contributed by atoms with Gasteiger partial charge in [-0.3, -0.25) is 9.05 Å². The number of aliphatic hydroxyl groups excluding tert-OH is 3. The zero-order valence-electron chi connectivity index (χ0n) is 12.1. The van der Waals surface area contributed by atoms with Gasteiger partial charge >= 0.3 is 7.75 Å². The summed E-state index contributed by atoms with van der Waals surface area (Å²) in [6, 6.07) is 0. The first-order valence-electron chi connectivity index (χ1n) is 6.55. The molecule has 1 rings (SSSR count). The van der Waals surface area contributed by atoms with Gasteiger partial charge < -0.3 is 20.1 Å². The number of aliphatic hydroxyl groups is 3. The summed E-state index contributed by atoms with van der Waals surface area (Å²) in [5.74, 6) is 0. The molecule has 1 saturated heterocycles. The van der Waals surface area contributed by atoms with Crippen molar-refractivity contribution in [1.29, 1.82) is 0 Å². The Morgan fingerprint density at radius 3 is 2.05 bits per heavy atom. The van der Waals surface area contributed by atoms with Gasteiger partial charge in [0.15, 0.2) is 0 Å². The van der Waals surface area contributed by atoms with Crippen molar-refractivity contribution in [2.24, 2.45) is 0 Å². The second-order valence-electron chi connectivity index (χ2n) is 5.24. The van der Waals surface area contributed by atoms with Crippen LogP contribution in [0.3, 0.4) is 0 Å². The van der Waals surface area contributed by atoms with E-state index in [0.29, 0.717) is 0 Å². The van der Waals surface area contributed by atoms with Crippen molar-refractivity contribution < 1.29 is 33.7 Å². The highest BCUT2D eigenvalue weighted by Gasteiger charge is 2.42. The third-order valence-electron chi connectivity index (χ3n) is 2.49. The van der Waals surface area contributed by atoms with E-state index in [1.54, 1.807) is 27.7 Å². The van der Waals surface area contributed by atoms with Gasteiger partial charge in [0.05, 0.1) is 18.8 Å². The molecule has 0 unspecified atom stereocenters. The average Bonchev–Trinajstić information content (AvgIpc) is 2.28. The van der Waals surface area contributed by atoms with Crippen molar-refractivity contribution in [1.82, 2.24) is 5.09 Å². The lowest BCUT2D eigenvalue weighted by molar-refractivity contribution is -0.191. The van der Waals surface area contributed by atoms with Gasteiger partial charge in [0.1, 0.15) is 24.5 Å². The Labute approximate surface area is 118 Å². The minimum atomic E-state index is -3.71. The summed E-state index contributed by atoms with van der Waals surface area (Å²) in [4.78, 5) is 0. The summed E-state index contributed by atoms with van der Waals surface area (Å²) in [5.41, 5.74) is 0. The lowest BCUT2D eigenvalue weighted by atomic mass is 10.1. The number of nitrogens with one attached hydrogen (secondary N) is 1. The molecule has 9 heteroatoms. The SMILES string of the molecule is CC(C)OP(=O)(N[C@@H]1OC[C@@H](O)[C@H](O)[C@H]1O)OC(C)C. The molecule has 0 aromatic carbocycles. The van der Waals surface area contributed by atoms with Crippen LogP contribution in [-0.2, 0) is 18.3 Å². The largest absolute Gasteiger partial charge is 0.408 e. The molecule has 1 fully saturated rings. The summed E-state index contributed by atoms with van der Waals surface area (Å²) in [6.45, 7) is 6.56. The molecular formula is C11H24NO7P. The maximum Gasteiger partial charge on any atom is 0.408 e. The number of hydrogen-bond acceptors (Lipinski definition) is 7. The standard InChI is InChI=1S/C11H24NO7P/c1-6(2)18-20(16,19-7(3)4)12-11-10(15)9(14)8(13)5-17-11/h6-11,13-15H,5H2,1-4H3,(H,12,16)/t8-,9+,10-,11-/m1/s1. The van der Waals surface area contributed by atoms with Crippen LogP contribution in [0.2, 0.25) is 0 Å². The van der Waals surface area contributed by atoms with E-state index in [1.165, 1.54) is 0 Å². The van der Waals surface area contributed by atoms with E-state index in [1.807, 2.05) is 0 Å². The minimum Gasteiger partial charge on any atom is -0.388 e. The van der Waals surface area contributed by atoms with Crippen LogP contribution in [0.4, 0.5) is 0 Å². The van der Waals surface area contributed by atoms with E-state index in [9.17, 15) is 19.9 Å². The van der Waals surface area contributed by atoms with E-state index in [-0.39, 0.29) is 18.8 Å². The van der Waals surface area contributed by atoms with Crippen molar-refractivity contribution in [3.05, 3.63) is 0 Å². The van der Waals surface area contributed by atoms with E-state index in [4.69, 9.17) is 13.8 Å². The Bertz CT molecular complexity index is 338. The number of hydrogen-bond donors (Lipinski definition) is 4. The molecule has 120 valence electrons. The molecule has 8 nitrogen and oxygen atoms in total. The monoisotopic (exact) mass is 313 g/mol. The van der Waals surface area contributed by atoms with Crippen LogP contribution in [0.1, 0.15) is 27.7 Å². The molecule has 20 heavy (non-hydrogen) atoms. The normalized spacial score (nSPS) is 32.0. The molecule has 1 aliphatic rings. The van der Waals surface area contributed by atoms with Gasteiger partial charge in [-0.1, -0.05) is 0 Å². The van der Waals surface area contributed by atoms with Gasteiger partial charge in [0, 0.05) is 0 Å². The molecule has 0 aromatic heterocycles. The Balaban J connectivity index is 2.76. The lowest BCUT2D eigenvalue weighted by Crippen LogP contribution is -2.57. The van der Waals surface area contributed by atoms with Crippen molar-refractivity contribution in [3.63, 3.8) is 0 Å². The maximum atomic E-state index is 12.5. The van der Waals surface area contributed by atoms with Gasteiger partial charge in [0.2, 0.25) is 0 Å². The second kappa shape index (κ2) is 7.29. The third kappa shape index (κ3) is 5.05. The summed E-state index contributed by atoms with van der Waals surface area (Å²) >= 11 is 0. The smallest absolute Gasteiger partial charge is 0.388 e. The van der Waals surface area contributed by atoms with Crippen LogP contribution in [0.25, 0.3) is 0 Å². The summed E-state index contributed by atoms with van der Waals surface area (Å²) in [6.07, 6.45) is -5.94. The van der Waals surface area contributed by atoms with Crippen LogP contribution < -0.4 is 5.09 Å². The van der Waals surface area contributed by atoms with Crippen LogP contribution in [0, 0.1) is 0 Å². The van der Waals surface area contributed by atoms with Crippen molar-refractivity contribution >= 4 is 7.75 Å². The van der Waals surface area contributed by atoms with E-state index in [2.05, 4.69) is 5.09 Å². The molecule has 4 N–H and O–H groups in total. The lowest BCUT2D eigenvalue weighted by Gasteiger charge is -2.37. The fourth-order valence-corrected chi connectivity index (χ4v) is 3.54. The Kier molecular flexibility index (Phi) is 6.56. The molecule has 1 aliphatic heterocycles. The number of rotatable bonds is 6. The first kappa shape index (κ1) is 18.0. The predicted molar refractivity (Wildman–Crippen MR) is 70.9 cm³/mol. The Morgan fingerprint density at radius 2 is 1.60 bits per heavy atom. The van der Waals surface area contributed by atoms with E-state index >= 15 is 0 Å². The first-order chi connectivity index (χ1) is 9.14. The van der Waals surface area contributed by atoms with Crippen molar-refractivity contribution in [2.75, 3.05) is 6.61 Å². The third-order valence-corrected chi connectivity index (χ3v) is 4.45. The average molecular weight is 313 g/mol. The molecule has 1 heterocycles. The van der Waals surface area contributed by atoms with Gasteiger partial charge in [0.25, 0.3) is 0 Å². The molecule has 0 aliphatic carbocycles. The minimum absolute atomic E-state index is 0.195. The van der Waals surface area contributed by atoms with Gasteiger partial charge in [-0.05, 0) is 27.7 Å².